The molecule has 0 aliphatic rings. The van der Waals surface area contributed by atoms with Crippen molar-refractivity contribution in [3.8, 4) is 0 Å². The maximum atomic E-state index is 13.5. The summed E-state index contributed by atoms with van der Waals surface area (Å²) in [5, 5.41) is 16.1. The summed E-state index contributed by atoms with van der Waals surface area (Å²) < 4.78 is 0. The molecule has 1 aromatic rings. The second-order valence-electron chi connectivity index (χ2n) is 12.5. The minimum absolute atomic E-state index is 0.0851. The summed E-state index contributed by atoms with van der Waals surface area (Å²) in [5.41, 5.74) is 0.442. The van der Waals surface area contributed by atoms with Gasteiger partial charge in [0.15, 0.2) is 6.04 Å². The minimum Gasteiger partial charge on any atom is -0.355 e. The number of quaternary nitrogens is 1. The number of nitrogens with zero attached hydrogens (tertiary/aromatic N) is 1. The van der Waals surface area contributed by atoms with Crippen LogP contribution in [0.4, 0.5) is 0 Å². The van der Waals surface area contributed by atoms with Crippen molar-refractivity contribution >= 4 is 29.5 Å². The summed E-state index contributed by atoms with van der Waals surface area (Å²) in [6.45, 7) is 17.8. The maximum Gasteiger partial charge on any atom is 0.343 e. The summed E-state index contributed by atoms with van der Waals surface area (Å²) >= 11 is 0. The smallest absolute Gasteiger partial charge is 0.343 e. The van der Waals surface area contributed by atoms with E-state index in [1.807, 2.05) is 55.4 Å². The van der Waals surface area contributed by atoms with E-state index in [9.17, 15) is 24.0 Å². The average Bonchev–Trinajstić information content (AvgIpc) is 2.96. The molecule has 0 aliphatic heterocycles. The molecule has 1 aromatic heterocycles. The molecule has 0 aromatic carbocycles. The second-order valence-corrected chi connectivity index (χ2v) is 12.5. The highest BCUT2D eigenvalue weighted by atomic mass is 16.2. The molecule has 0 aliphatic carbocycles. The highest BCUT2D eigenvalue weighted by molar-refractivity contribution is 5.92. The van der Waals surface area contributed by atoms with Gasteiger partial charge in [0.25, 0.3) is 5.91 Å². The molecule has 248 valence electrons. The Labute approximate surface area is 263 Å². The third-order valence-electron chi connectivity index (χ3n) is 7.29. The van der Waals surface area contributed by atoms with Crippen LogP contribution < -0.4 is 31.9 Å². The number of amides is 5. The van der Waals surface area contributed by atoms with Crippen molar-refractivity contribution in [2.24, 2.45) is 17.8 Å². The molecule has 0 bridgehead atoms. The Hall–Kier alpha value is -3.38. The van der Waals surface area contributed by atoms with E-state index in [-0.39, 0.29) is 53.3 Å². The van der Waals surface area contributed by atoms with Crippen molar-refractivity contribution in [3.05, 3.63) is 30.1 Å². The number of carbonyl (C=O) groups excluding carboxylic acids is 5. The van der Waals surface area contributed by atoms with Gasteiger partial charge < -0.3 is 26.6 Å². The number of hydrogen-bond donors (Lipinski definition) is 6. The Bertz CT molecular complexity index is 1060. The van der Waals surface area contributed by atoms with Gasteiger partial charge in [-0.3, -0.25) is 29.5 Å². The Morgan fingerprint density at radius 3 is 1.95 bits per heavy atom. The van der Waals surface area contributed by atoms with Gasteiger partial charge in [0.2, 0.25) is 17.7 Å². The van der Waals surface area contributed by atoms with Crippen LogP contribution in [0, 0.1) is 17.8 Å². The van der Waals surface area contributed by atoms with Gasteiger partial charge in [-0.1, -0.05) is 54.9 Å². The minimum atomic E-state index is -0.780. The van der Waals surface area contributed by atoms with Crippen molar-refractivity contribution < 1.29 is 29.3 Å². The molecular weight excluding hydrogens is 562 g/mol. The summed E-state index contributed by atoms with van der Waals surface area (Å²) in [4.78, 5) is 68.8. The number of nitrogens with two attached hydrogens (primary N) is 1. The number of pyridine rings is 1. The van der Waals surface area contributed by atoms with Crippen molar-refractivity contribution in [1.82, 2.24) is 31.6 Å². The standard InChI is InChI=1S/C32H55N7O5/c1-10-12-25(37-32(44)27(21(7)8)39-29(41)23-13-15-33-16-14-23)30(42)36-24(17-19(3)4)18-35-22(9)28(40)38-26(20(5)6)31(43)34-11-2/h13-16,19-22,24-27,35H,10-12,17-18H2,1-9H3,(H,34,43)(H,36,42)(H,37,44)(H,38,40)(H,39,41)/p+1/t22-,24-,25-,26-,27-/m0/s1. The Morgan fingerprint density at radius 2 is 1.43 bits per heavy atom. The number of primary amides is 1. The lowest BCUT2D eigenvalue weighted by molar-refractivity contribution is -0.587. The number of carbonyl (C=O) groups is 5. The van der Waals surface area contributed by atoms with Crippen LogP contribution >= 0.6 is 0 Å². The van der Waals surface area contributed by atoms with Crippen LogP contribution in [0.15, 0.2) is 24.5 Å². The number of likely N-dealkylation sites (N-methyl/N-ethyl adjacent to an activating group) is 1. The summed E-state index contributed by atoms with van der Waals surface area (Å²) in [6, 6.07) is 0.133. The lowest BCUT2D eigenvalue weighted by atomic mass is 10.0. The molecule has 1 rings (SSSR count). The third-order valence-corrected chi connectivity index (χ3v) is 7.29. The van der Waals surface area contributed by atoms with Gasteiger partial charge >= 0.3 is 5.91 Å². The zero-order valence-electron chi connectivity index (χ0n) is 28.0. The fraction of sp³-hybridized carbons (Fsp3) is 0.688. The Balaban J connectivity index is 2.91. The van der Waals surface area contributed by atoms with Crippen molar-refractivity contribution in [3.63, 3.8) is 0 Å². The summed E-state index contributed by atoms with van der Waals surface area (Å²) in [6.07, 6.45) is 4.79. The van der Waals surface area contributed by atoms with Crippen LogP contribution in [0.25, 0.3) is 0 Å². The van der Waals surface area contributed by atoms with Gasteiger partial charge in [-0.05, 0) is 50.7 Å². The van der Waals surface area contributed by atoms with Crippen molar-refractivity contribution in [2.75, 3.05) is 13.1 Å². The molecule has 12 nitrogen and oxygen atoms in total. The van der Waals surface area contributed by atoms with E-state index in [4.69, 9.17) is 0 Å². The quantitative estimate of drug-likeness (QED) is 0.133. The number of rotatable bonds is 19. The SMILES string of the molecule is CCC[C@H](NC(=O)[C@@H]([NH2+]C(=O)c1ccncc1)C(C)C)C(=O)N[C@H](CN[C@@H](C)C(=O)N[C@H](C(=O)NCC)C(C)C)CC(C)C. The number of aromatic nitrogens is 1. The molecule has 5 amide bonds. The predicted octanol–water partition coefficient (Wildman–Crippen LogP) is 0.881. The summed E-state index contributed by atoms with van der Waals surface area (Å²) in [7, 11) is 0. The number of hydrogen-bond acceptors (Lipinski definition) is 7. The molecule has 7 N–H and O–H groups in total. The molecule has 0 saturated heterocycles. The van der Waals surface area contributed by atoms with Crippen LogP contribution in [-0.2, 0) is 19.2 Å². The monoisotopic (exact) mass is 618 g/mol. The van der Waals surface area contributed by atoms with Crippen LogP contribution in [0.2, 0.25) is 0 Å². The second kappa shape index (κ2) is 19.8. The Kier molecular flexibility index (Phi) is 17.4. The van der Waals surface area contributed by atoms with Crippen molar-refractivity contribution in [2.45, 2.75) is 112 Å². The molecule has 44 heavy (non-hydrogen) atoms. The predicted molar refractivity (Wildman–Crippen MR) is 170 cm³/mol. The van der Waals surface area contributed by atoms with E-state index < -0.39 is 24.2 Å². The molecule has 0 spiro atoms. The van der Waals surface area contributed by atoms with E-state index in [1.54, 1.807) is 19.1 Å². The molecule has 1 heterocycles. The largest absolute Gasteiger partial charge is 0.355 e. The highest BCUT2D eigenvalue weighted by Gasteiger charge is 2.33. The first-order valence-corrected chi connectivity index (χ1v) is 15.9. The van der Waals surface area contributed by atoms with Crippen LogP contribution in [0.1, 0.15) is 91.9 Å². The lowest BCUT2D eigenvalue weighted by Gasteiger charge is -2.28. The zero-order chi connectivity index (χ0) is 33.4. The molecular formula is C32H56N7O5+. The molecule has 5 atom stereocenters. The first-order valence-electron chi connectivity index (χ1n) is 15.9. The van der Waals surface area contributed by atoms with E-state index in [1.165, 1.54) is 17.7 Å². The maximum absolute atomic E-state index is 13.5. The van der Waals surface area contributed by atoms with Gasteiger partial charge in [0, 0.05) is 37.4 Å². The molecule has 12 heteroatoms. The van der Waals surface area contributed by atoms with E-state index >= 15 is 0 Å². The molecule has 0 unspecified atom stereocenters. The average molecular weight is 619 g/mol. The van der Waals surface area contributed by atoms with E-state index in [2.05, 4.69) is 31.6 Å². The normalized spacial score (nSPS) is 14.8. The first-order chi connectivity index (χ1) is 20.7. The van der Waals surface area contributed by atoms with Gasteiger partial charge in [-0.2, -0.15) is 0 Å². The summed E-state index contributed by atoms with van der Waals surface area (Å²) in [5.74, 6) is -1.50. The molecule has 0 saturated carbocycles. The molecule has 0 fully saturated rings. The fourth-order valence-corrected chi connectivity index (χ4v) is 4.75. The topological polar surface area (TPSA) is 175 Å². The fourth-order valence-electron chi connectivity index (χ4n) is 4.75. The van der Waals surface area contributed by atoms with E-state index in [0.29, 0.717) is 37.9 Å². The highest BCUT2D eigenvalue weighted by Crippen LogP contribution is 2.08. The number of nitrogens with one attached hydrogen (secondary N) is 5. The third kappa shape index (κ3) is 13.5. The van der Waals surface area contributed by atoms with Crippen LogP contribution in [0.3, 0.4) is 0 Å². The molecule has 0 radical (unpaired) electrons. The van der Waals surface area contributed by atoms with Gasteiger partial charge in [0.1, 0.15) is 12.1 Å². The Morgan fingerprint density at radius 1 is 0.795 bits per heavy atom. The van der Waals surface area contributed by atoms with Gasteiger partial charge in [-0.25, -0.2) is 4.79 Å². The van der Waals surface area contributed by atoms with Gasteiger partial charge in [-0.15, -0.1) is 0 Å². The van der Waals surface area contributed by atoms with Crippen molar-refractivity contribution in [1.29, 1.82) is 0 Å². The lowest BCUT2D eigenvalue weighted by Crippen LogP contribution is -2.97. The zero-order valence-corrected chi connectivity index (χ0v) is 28.0. The van der Waals surface area contributed by atoms with Crippen LogP contribution in [-0.4, -0.2) is 77.8 Å². The van der Waals surface area contributed by atoms with Gasteiger partial charge in [0.05, 0.1) is 11.6 Å². The van der Waals surface area contributed by atoms with E-state index in [0.717, 1.165) is 0 Å². The van der Waals surface area contributed by atoms with Crippen LogP contribution in [0.5, 0.6) is 0 Å². The first kappa shape index (κ1) is 38.6.